The molecule has 0 unspecified atom stereocenters. The Bertz CT molecular complexity index is 368. The fourth-order valence-corrected chi connectivity index (χ4v) is 2.14. The van der Waals surface area contributed by atoms with Crippen LogP contribution in [0.15, 0.2) is 12.7 Å². The van der Waals surface area contributed by atoms with Gasteiger partial charge < -0.3 is 10.2 Å². The summed E-state index contributed by atoms with van der Waals surface area (Å²) in [7, 11) is -1.86. The molecule has 19 heavy (non-hydrogen) atoms. The van der Waals surface area contributed by atoms with Crippen LogP contribution in [0.2, 0.25) is 0 Å². The van der Waals surface area contributed by atoms with E-state index in [1.807, 2.05) is 7.05 Å². The Kier molecular flexibility index (Phi) is 9.46. The van der Waals surface area contributed by atoms with Gasteiger partial charge in [0.15, 0.2) is 0 Å². The van der Waals surface area contributed by atoms with Gasteiger partial charge in [-0.2, -0.15) is 8.42 Å². The Labute approximate surface area is 115 Å². The molecule has 0 aliphatic heterocycles. The second-order valence-corrected chi connectivity index (χ2v) is 6.07. The number of hydrogen-bond acceptors (Lipinski definition) is 4. The van der Waals surface area contributed by atoms with E-state index in [1.54, 1.807) is 0 Å². The van der Waals surface area contributed by atoms with Gasteiger partial charge in [0.25, 0.3) is 10.1 Å². The Hall–Kier alpha value is -0.920. The average Bonchev–Trinajstić information content (AvgIpc) is 2.32. The first-order chi connectivity index (χ1) is 8.85. The van der Waals surface area contributed by atoms with Crippen molar-refractivity contribution >= 4 is 16.0 Å². The molecule has 0 aromatic carbocycles. The highest BCUT2D eigenvalue weighted by molar-refractivity contribution is 7.85. The molecule has 0 atom stereocenters. The Morgan fingerprint density at radius 2 is 1.84 bits per heavy atom. The largest absolute Gasteiger partial charge is 0.353 e. The summed E-state index contributed by atoms with van der Waals surface area (Å²) in [5, 5.41) is 2.71. The zero-order chi connectivity index (χ0) is 14.7. The van der Waals surface area contributed by atoms with Crippen LogP contribution in [-0.4, -0.2) is 56.2 Å². The zero-order valence-electron chi connectivity index (χ0n) is 11.5. The molecule has 1 amide bonds. The SMILES string of the molecule is C=CC(=O)NCCCCN(C)CCCCS(=O)(=O)O. The maximum Gasteiger partial charge on any atom is 0.264 e. The maximum atomic E-state index is 10.9. The van der Waals surface area contributed by atoms with Crippen LogP contribution in [0.25, 0.3) is 0 Å². The first-order valence-electron chi connectivity index (χ1n) is 6.39. The van der Waals surface area contributed by atoms with Gasteiger partial charge in [-0.1, -0.05) is 6.58 Å². The molecule has 0 spiro atoms. The Morgan fingerprint density at radius 3 is 2.37 bits per heavy atom. The van der Waals surface area contributed by atoms with E-state index in [-0.39, 0.29) is 11.7 Å². The molecule has 0 aliphatic rings. The van der Waals surface area contributed by atoms with Crippen LogP contribution in [0.3, 0.4) is 0 Å². The third-order valence-corrected chi connectivity index (χ3v) is 3.45. The van der Waals surface area contributed by atoms with E-state index in [2.05, 4.69) is 16.8 Å². The number of amides is 1. The molecule has 0 heterocycles. The van der Waals surface area contributed by atoms with Crippen LogP contribution < -0.4 is 5.32 Å². The first kappa shape index (κ1) is 18.1. The molecule has 7 heteroatoms. The van der Waals surface area contributed by atoms with Crippen LogP contribution in [-0.2, 0) is 14.9 Å². The number of carbonyl (C=O) groups excluding carboxylic acids is 1. The molecule has 0 bridgehead atoms. The molecule has 0 rings (SSSR count). The summed E-state index contributed by atoms with van der Waals surface area (Å²) in [4.78, 5) is 13.0. The third kappa shape index (κ3) is 13.3. The van der Waals surface area contributed by atoms with Gasteiger partial charge in [-0.25, -0.2) is 0 Å². The van der Waals surface area contributed by atoms with Crippen molar-refractivity contribution in [1.82, 2.24) is 10.2 Å². The van der Waals surface area contributed by atoms with Crippen molar-refractivity contribution in [1.29, 1.82) is 0 Å². The monoisotopic (exact) mass is 292 g/mol. The van der Waals surface area contributed by atoms with Gasteiger partial charge in [-0.05, 0) is 51.9 Å². The van der Waals surface area contributed by atoms with Crippen LogP contribution in [0.4, 0.5) is 0 Å². The standard InChI is InChI=1S/C12H24N2O4S/c1-3-12(15)13-8-4-5-9-14(2)10-6-7-11-19(16,17)18/h3H,1,4-11H2,2H3,(H,13,15)(H,16,17,18). The highest BCUT2D eigenvalue weighted by atomic mass is 32.2. The minimum Gasteiger partial charge on any atom is -0.353 e. The lowest BCUT2D eigenvalue weighted by Gasteiger charge is -2.16. The van der Waals surface area contributed by atoms with Crippen molar-refractivity contribution in [2.24, 2.45) is 0 Å². The molecule has 2 N–H and O–H groups in total. The van der Waals surface area contributed by atoms with Crippen molar-refractivity contribution in [2.45, 2.75) is 25.7 Å². The summed E-state index contributed by atoms with van der Waals surface area (Å²) in [6.07, 6.45) is 4.32. The van der Waals surface area contributed by atoms with Crippen LogP contribution >= 0.6 is 0 Å². The van der Waals surface area contributed by atoms with E-state index in [0.29, 0.717) is 13.0 Å². The molecule has 0 saturated carbocycles. The normalized spacial score (nSPS) is 11.5. The molecule has 112 valence electrons. The minimum atomic E-state index is -3.82. The smallest absolute Gasteiger partial charge is 0.264 e. The van der Waals surface area contributed by atoms with E-state index in [1.165, 1.54) is 6.08 Å². The Balaban J connectivity index is 3.42. The molecule has 0 aromatic rings. The molecule has 0 radical (unpaired) electrons. The van der Waals surface area contributed by atoms with Crippen molar-refractivity contribution in [2.75, 3.05) is 32.4 Å². The zero-order valence-corrected chi connectivity index (χ0v) is 12.3. The second kappa shape index (κ2) is 9.94. The average molecular weight is 292 g/mol. The van der Waals surface area contributed by atoms with Gasteiger partial charge in [-0.15, -0.1) is 0 Å². The summed E-state index contributed by atoms with van der Waals surface area (Å²) >= 11 is 0. The highest BCUT2D eigenvalue weighted by Crippen LogP contribution is 1.98. The number of hydrogen-bond donors (Lipinski definition) is 2. The van der Waals surface area contributed by atoms with Crippen LogP contribution in [0.1, 0.15) is 25.7 Å². The molecule has 0 aromatic heterocycles. The quantitative estimate of drug-likeness (QED) is 0.332. The van der Waals surface area contributed by atoms with Crippen molar-refractivity contribution in [3.8, 4) is 0 Å². The first-order valence-corrected chi connectivity index (χ1v) is 8.00. The van der Waals surface area contributed by atoms with Gasteiger partial charge in [-0.3, -0.25) is 9.35 Å². The van der Waals surface area contributed by atoms with Gasteiger partial charge in [0.1, 0.15) is 0 Å². The lowest BCUT2D eigenvalue weighted by molar-refractivity contribution is -0.116. The molecular weight excluding hydrogens is 268 g/mol. The summed E-state index contributed by atoms with van der Waals surface area (Å²) in [6, 6.07) is 0. The van der Waals surface area contributed by atoms with E-state index in [0.717, 1.165) is 32.4 Å². The number of rotatable bonds is 11. The summed E-state index contributed by atoms with van der Waals surface area (Å²) in [6.45, 7) is 5.70. The van der Waals surface area contributed by atoms with Crippen LogP contribution in [0, 0.1) is 0 Å². The van der Waals surface area contributed by atoms with Gasteiger partial charge in [0, 0.05) is 6.54 Å². The number of nitrogens with zero attached hydrogens (tertiary/aromatic N) is 1. The second-order valence-electron chi connectivity index (χ2n) is 4.50. The summed E-state index contributed by atoms with van der Waals surface area (Å²) < 4.78 is 29.6. The molecule has 0 aliphatic carbocycles. The van der Waals surface area contributed by atoms with Gasteiger partial charge in [0.2, 0.25) is 5.91 Å². The number of unbranched alkanes of at least 4 members (excludes halogenated alkanes) is 2. The van der Waals surface area contributed by atoms with Crippen LogP contribution in [0.5, 0.6) is 0 Å². The number of carbonyl (C=O) groups is 1. The Morgan fingerprint density at radius 1 is 1.26 bits per heavy atom. The van der Waals surface area contributed by atoms with Crippen molar-refractivity contribution < 1.29 is 17.8 Å². The van der Waals surface area contributed by atoms with E-state index >= 15 is 0 Å². The predicted molar refractivity (Wildman–Crippen MR) is 75.6 cm³/mol. The summed E-state index contributed by atoms with van der Waals surface area (Å²) in [5.74, 6) is -0.326. The lowest BCUT2D eigenvalue weighted by Crippen LogP contribution is -2.25. The van der Waals surface area contributed by atoms with E-state index < -0.39 is 10.1 Å². The topological polar surface area (TPSA) is 86.7 Å². The predicted octanol–water partition coefficient (Wildman–Crippen LogP) is 0.669. The van der Waals surface area contributed by atoms with Crippen molar-refractivity contribution in [3.63, 3.8) is 0 Å². The minimum absolute atomic E-state index is 0.154. The highest BCUT2D eigenvalue weighted by Gasteiger charge is 2.04. The van der Waals surface area contributed by atoms with Crippen molar-refractivity contribution in [3.05, 3.63) is 12.7 Å². The van der Waals surface area contributed by atoms with E-state index in [9.17, 15) is 13.2 Å². The molecule has 0 saturated heterocycles. The van der Waals surface area contributed by atoms with Gasteiger partial charge >= 0.3 is 0 Å². The third-order valence-electron chi connectivity index (χ3n) is 2.64. The maximum absolute atomic E-state index is 10.9. The summed E-state index contributed by atoms with van der Waals surface area (Å²) in [5.41, 5.74) is 0. The molecular formula is C12H24N2O4S. The fourth-order valence-electron chi connectivity index (χ4n) is 1.57. The number of nitrogens with one attached hydrogen (secondary N) is 1. The fraction of sp³-hybridized carbons (Fsp3) is 0.750. The lowest BCUT2D eigenvalue weighted by atomic mass is 10.2. The molecule has 6 nitrogen and oxygen atoms in total. The van der Waals surface area contributed by atoms with Gasteiger partial charge in [0.05, 0.1) is 5.75 Å². The molecule has 0 fully saturated rings. The van der Waals surface area contributed by atoms with E-state index in [4.69, 9.17) is 4.55 Å².